The van der Waals surface area contributed by atoms with Crippen LogP contribution in [-0.2, 0) is 0 Å². The number of aliphatic hydroxyl groups is 3. The first-order valence-corrected chi connectivity index (χ1v) is 5.96. The first-order chi connectivity index (χ1) is 8.04. The largest absolute Gasteiger partial charge is 0.395 e. The number of anilines is 1. The van der Waals surface area contributed by atoms with Crippen LogP contribution in [0, 0.1) is 0 Å². The van der Waals surface area contributed by atoms with Crippen molar-refractivity contribution in [3.63, 3.8) is 0 Å². The number of thioether (sulfide) groups is 1. The molecule has 0 aromatic carbocycles. The zero-order valence-corrected chi connectivity index (χ0v) is 9.62. The van der Waals surface area contributed by atoms with E-state index in [-0.39, 0.29) is 12.4 Å². The van der Waals surface area contributed by atoms with Crippen molar-refractivity contribution in [2.75, 3.05) is 12.3 Å². The molecule has 1 aliphatic rings. The third-order valence-electron chi connectivity index (χ3n) is 2.64. The molecule has 5 N–H and O–H groups in total. The van der Waals surface area contributed by atoms with E-state index in [0.717, 1.165) is 11.8 Å². The summed E-state index contributed by atoms with van der Waals surface area (Å²) in [6.45, 7) is -0.267. The second kappa shape index (κ2) is 4.65. The maximum Gasteiger partial charge on any atom is 0.350 e. The highest BCUT2D eigenvalue weighted by Crippen LogP contribution is 2.40. The Morgan fingerprint density at radius 2 is 2.18 bits per heavy atom. The summed E-state index contributed by atoms with van der Waals surface area (Å²) >= 11 is 1.13. The van der Waals surface area contributed by atoms with E-state index in [9.17, 15) is 15.0 Å². The minimum atomic E-state index is -1.12. The van der Waals surface area contributed by atoms with Gasteiger partial charge < -0.3 is 21.1 Å². The molecule has 2 rings (SSSR count). The lowest BCUT2D eigenvalue weighted by atomic mass is 10.1. The average molecular weight is 259 g/mol. The molecule has 0 radical (unpaired) electrons. The van der Waals surface area contributed by atoms with Gasteiger partial charge in [-0.2, -0.15) is 4.98 Å². The van der Waals surface area contributed by atoms with Gasteiger partial charge >= 0.3 is 5.69 Å². The van der Waals surface area contributed by atoms with Gasteiger partial charge in [-0.3, -0.25) is 4.57 Å². The highest BCUT2D eigenvalue weighted by atomic mass is 32.2. The van der Waals surface area contributed by atoms with Gasteiger partial charge in [0, 0.05) is 6.20 Å². The monoisotopic (exact) mass is 259 g/mol. The van der Waals surface area contributed by atoms with Crippen LogP contribution in [0.4, 0.5) is 5.82 Å². The van der Waals surface area contributed by atoms with Gasteiger partial charge in [0.1, 0.15) is 17.3 Å². The Labute approximate surface area is 101 Å². The maximum absolute atomic E-state index is 11.6. The molecule has 0 saturated carbocycles. The number of hydrogen-bond donors (Lipinski definition) is 4. The first-order valence-electron chi connectivity index (χ1n) is 5.01. The van der Waals surface area contributed by atoms with Crippen LogP contribution >= 0.6 is 11.8 Å². The summed E-state index contributed by atoms with van der Waals surface area (Å²) in [5, 5.41) is 27.3. The molecule has 2 heterocycles. The summed E-state index contributed by atoms with van der Waals surface area (Å²) in [7, 11) is 0. The van der Waals surface area contributed by atoms with Crippen LogP contribution < -0.4 is 11.4 Å². The number of nitrogen functional groups attached to an aromatic ring is 1. The van der Waals surface area contributed by atoms with Gasteiger partial charge in [0.2, 0.25) is 0 Å². The lowest BCUT2D eigenvalue weighted by Gasteiger charge is -2.17. The fraction of sp³-hybridized carbons (Fsp3) is 0.556. The van der Waals surface area contributed by atoms with Crippen molar-refractivity contribution in [1.29, 1.82) is 0 Å². The smallest absolute Gasteiger partial charge is 0.350 e. The Morgan fingerprint density at radius 1 is 1.47 bits per heavy atom. The fourth-order valence-electron chi connectivity index (χ4n) is 1.73. The van der Waals surface area contributed by atoms with Crippen LogP contribution in [-0.4, -0.2) is 48.9 Å². The molecule has 0 bridgehead atoms. The first kappa shape index (κ1) is 12.4. The lowest BCUT2D eigenvalue weighted by Crippen LogP contribution is -2.36. The predicted octanol–water partition coefficient (Wildman–Crippen LogP) is -1.85. The van der Waals surface area contributed by atoms with E-state index in [0.29, 0.717) is 0 Å². The maximum atomic E-state index is 11.6. The molecular formula is C9H13N3O4S. The number of nitrogens with two attached hydrogens (primary N) is 1. The number of aliphatic hydroxyl groups excluding tert-OH is 3. The van der Waals surface area contributed by atoms with E-state index >= 15 is 0 Å². The van der Waals surface area contributed by atoms with Gasteiger partial charge in [0.15, 0.2) is 0 Å². The Hall–Kier alpha value is -1.09. The normalized spacial score (nSPS) is 32.9. The molecule has 94 valence electrons. The highest BCUT2D eigenvalue weighted by Gasteiger charge is 2.43. The molecule has 4 atom stereocenters. The summed E-state index contributed by atoms with van der Waals surface area (Å²) in [6, 6.07) is 1.44. The van der Waals surface area contributed by atoms with Crippen molar-refractivity contribution >= 4 is 17.6 Å². The second-order valence-electron chi connectivity index (χ2n) is 3.77. The molecule has 1 fully saturated rings. The SMILES string of the molecule is Nc1ccn([C@H]2S[C@@H](CO)[C@H](O)[C@H]2O)c(=O)n1. The van der Waals surface area contributed by atoms with E-state index in [1.807, 2.05) is 0 Å². The molecule has 1 saturated heterocycles. The van der Waals surface area contributed by atoms with Crippen molar-refractivity contribution in [3.8, 4) is 0 Å². The summed E-state index contributed by atoms with van der Waals surface area (Å²) in [5.41, 5.74) is 4.77. The van der Waals surface area contributed by atoms with Gasteiger partial charge in [-0.05, 0) is 6.07 Å². The predicted molar refractivity (Wildman–Crippen MR) is 62.4 cm³/mol. The standard InChI is InChI=1S/C9H13N3O4S/c10-5-1-2-12(9(16)11-5)8-7(15)6(14)4(3-13)17-8/h1-2,4,6-8,13-15H,3H2,(H2,10,11,16)/t4-,6-,7+,8-/m0/s1. The van der Waals surface area contributed by atoms with Gasteiger partial charge in [-0.15, -0.1) is 11.8 Å². The molecule has 1 aliphatic heterocycles. The van der Waals surface area contributed by atoms with E-state index in [1.165, 1.54) is 16.8 Å². The lowest BCUT2D eigenvalue weighted by molar-refractivity contribution is 0.0101. The Morgan fingerprint density at radius 3 is 2.71 bits per heavy atom. The minimum Gasteiger partial charge on any atom is -0.395 e. The molecule has 0 aliphatic carbocycles. The van der Waals surface area contributed by atoms with Crippen LogP contribution in [0.3, 0.4) is 0 Å². The number of nitrogens with zero attached hydrogens (tertiary/aromatic N) is 2. The summed E-state index contributed by atoms with van der Waals surface area (Å²) in [6.07, 6.45) is -0.780. The van der Waals surface area contributed by atoms with Gasteiger partial charge in [-0.25, -0.2) is 4.79 Å². The number of hydrogen-bond acceptors (Lipinski definition) is 7. The zero-order chi connectivity index (χ0) is 12.6. The van der Waals surface area contributed by atoms with Crippen molar-refractivity contribution in [3.05, 3.63) is 22.7 Å². The molecule has 0 unspecified atom stereocenters. The quantitative estimate of drug-likeness (QED) is 0.492. The molecule has 1 aromatic heterocycles. The third-order valence-corrected chi connectivity index (χ3v) is 4.21. The fourth-order valence-corrected chi connectivity index (χ4v) is 3.11. The Bertz CT molecular complexity index is 466. The number of aromatic nitrogens is 2. The minimum absolute atomic E-state index is 0.1000. The van der Waals surface area contributed by atoms with E-state index in [1.54, 1.807) is 0 Å². The second-order valence-corrected chi connectivity index (χ2v) is 5.13. The van der Waals surface area contributed by atoms with Crippen molar-refractivity contribution in [1.82, 2.24) is 9.55 Å². The summed E-state index contributed by atoms with van der Waals surface area (Å²) in [4.78, 5) is 15.1. The van der Waals surface area contributed by atoms with Crippen molar-refractivity contribution < 1.29 is 15.3 Å². The van der Waals surface area contributed by atoms with Crippen LogP contribution in [0.1, 0.15) is 5.37 Å². The van der Waals surface area contributed by atoms with Crippen LogP contribution in [0.25, 0.3) is 0 Å². The molecule has 1 aromatic rings. The molecule has 0 amide bonds. The molecular weight excluding hydrogens is 246 g/mol. The zero-order valence-electron chi connectivity index (χ0n) is 8.80. The molecule has 0 spiro atoms. The Kier molecular flexibility index (Phi) is 3.38. The number of rotatable bonds is 2. The van der Waals surface area contributed by atoms with Crippen molar-refractivity contribution in [2.45, 2.75) is 22.8 Å². The third kappa shape index (κ3) is 2.16. The molecule has 7 nitrogen and oxygen atoms in total. The highest BCUT2D eigenvalue weighted by molar-refractivity contribution is 8.00. The van der Waals surface area contributed by atoms with Gasteiger partial charge in [0.05, 0.1) is 18.0 Å². The van der Waals surface area contributed by atoms with Crippen molar-refractivity contribution in [2.24, 2.45) is 0 Å². The molecule has 17 heavy (non-hydrogen) atoms. The van der Waals surface area contributed by atoms with E-state index in [2.05, 4.69) is 4.98 Å². The van der Waals surface area contributed by atoms with Crippen LogP contribution in [0.5, 0.6) is 0 Å². The average Bonchev–Trinajstić information content (AvgIpc) is 2.57. The van der Waals surface area contributed by atoms with Crippen LogP contribution in [0.15, 0.2) is 17.1 Å². The topological polar surface area (TPSA) is 122 Å². The van der Waals surface area contributed by atoms with E-state index in [4.69, 9.17) is 10.8 Å². The van der Waals surface area contributed by atoms with E-state index < -0.39 is 28.5 Å². The van der Waals surface area contributed by atoms with Crippen LogP contribution in [0.2, 0.25) is 0 Å². The Balaban J connectivity index is 2.32. The summed E-state index contributed by atoms with van der Waals surface area (Å²) in [5.74, 6) is 0.1000. The van der Waals surface area contributed by atoms with Gasteiger partial charge in [0.25, 0.3) is 0 Å². The molecule has 8 heteroatoms. The van der Waals surface area contributed by atoms with Gasteiger partial charge in [-0.1, -0.05) is 0 Å². The summed E-state index contributed by atoms with van der Waals surface area (Å²) < 4.78 is 1.20.